The molecule has 5 nitrogen and oxygen atoms in total. The molecule has 1 aromatic carbocycles. The lowest BCUT2D eigenvalue weighted by molar-refractivity contribution is -0.153. The highest BCUT2D eigenvalue weighted by molar-refractivity contribution is 5.27. The molecule has 1 aliphatic rings. The fraction of sp³-hybridized carbons (Fsp3) is 0.467. The normalized spacial score (nSPS) is 17.8. The summed E-state index contributed by atoms with van der Waals surface area (Å²) in [7, 11) is 0. The van der Waals surface area contributed by atoms with Crippen molar-refractivity contribution in [1.82, 2.24) is 20.1 Å². The first kappa shape index (κ1) is 15.8. The van der Waals surface area contributed by atoms with Gasteiger partial charge in [-0.15, -0.1) is 0 Å². The standard InChI is InChI=1S/C15H17F3N4O/c16-15(17,18)9-23-13-4-1-11(2-5-13)7-19-12-3-6-14-20-10-21-22(14)8-12/h1-2,4-5,10,12,19H,3,6-9H2/t12-/m1/s1. The second kappa shape index (κ2) is 6.57. The second-order valence-corrected chi connectivity index (χ2v) is 5.52. The minimum absolute atomic E-state index is 0.219. The summed E-state index contributed by atoms with van der Waals surface area (Å²) in [5.74, 6) is 1.23. The molecule has 0 saturated carbocycles. The van der Waals surface area contributed by atoms with E-state index in [1.165, 1.54) is 0 Å². The van der Waals surface area contributed by atoms with E-state index in [1.807, 2.05) is 4.68 Å². The quantitative estimate of drug-likeness (QED) is 0.916. The number of alkyl halides is 3. The summed E-state index contributed by atoms with van der Waals surface area (Å²) in [6.45, 7) is 0.156. The molecule has 23 heavy (non-hydrogen) atoms. The fourth-order valence-electron chi connectivity index (χ4n) is 2.54. The lowest BCUT2D eigenvalue weighted by Gasteiger charge is -2.23. The molecular formula is C15H17F3N4O. The van der Waals surface area contributed by atoms with Gasteiger partial charge in [0.05, 0.1) is 6.54 Å². The SMILES string of the molecule is FC(F)(F)COc1ccc(CN[C@@H]2CCc3ncnn3C2)cc1. The van der Waals surface area contributed by atoms with E-state index in [0.717, 1.165) is 30.8 Å². The zero-order valence-electron chi connectivity index (χ0n) is 12.4. The van der Waals surface area contributed by atoms with Gasteiger partial charge < -0.3 is 10.1 Å². The Kier molecular flexibility index (Phi) is 4.51. The number of benzene rings is 1. The van der Waals surface area contributed by atoms with Gasteiger partial charge in [-0.25, -0.2) is 9.67 Å². The maximum absolute atomic E-state index is 12.1. The summed E-state index contributed by atoms with van der Waals surface area (Å²) in [6, 6.07) is 6.95. The van der Waals surface area contributed by atoms with Gasteiger partial charge in [0.25, 0.3) is 0 Å². The van der Waals surface area contributed by atoms with E-state index >= 15 is 0 Å². The molecule has 0 amide bonds. The van der Waals surface area contributed by atoms with Crippen LogP contribution in [0.15, 0.2) is 30.6 Å². The Morgan fingerprint density at radius 3 is 2.78 bits per heavy atom. The predicted molar refractivity (Wildman–Crippen MR) is 77.0 cm³/mol. The van der Waals surface area contributed by atoms with E-state index < -0.39 is 12.8 Å². The average molecular weight is 326 g/mol. The number of aromatic nitrogens is 3. The lowest BCUT2D eigenvalue weighted by atomic mass is 10.1. The van der Waals surface area contributed by atoms with Crippen LogP contribution in [-0.4, -0.2) is 33.6 Å². The summed E-state index contributed by atoms with van der Waals surface area (Å²) in [4.78, 5) is 4.18. The molecule has 0 bridgehead atoms. The van der Waals surface area contributed by atoms with Crippen molar-refractivity contribution in [2.75, 3.05) is 6.61 Å². The maximum atomic E-state index is 12.1. The lowest BCUT2D eigenvalue weighted by Crippen LogP contribution is -2.37. The Morgan fingerprint density at radius 2 is 2.04 bits per heavy atom. The summed E-state index contributed by atoms with van der Waals surface area (Å²) in [5, 5.41) is 7.61. The second-order valence-electron chi connectivity index (χ2n) is 5.52. The molecule has 1 atom stereocenters. The van der Waals surface area contributed by atoms with Crippen molar-refractivity contribution >= 4 is 0 Å². The van der Waals surface area contributed by atoms with Crippen LogP contribution in [-0.2, 0) is 19.5 Å². The number of hydrogen-bond acceptors (Lipinski definition) is 4. The van der Waals surface area contributed by atoms with E-state index in [0.29, 0.717) is 12.6 Å². The van der Waals surface area contributed by atoms with Gasteiger partial charge in [0.2, 0.25) is 0 Å². The highest BCUT2D eigenvalue weighted by Gasteiger charge is 2.28. The number of nitrogens with one attached hydrogen (secondary N) is 1. The van der Waals surface area contributed by atoms with Gasteiger partial charge in [-0.2, -0.15) is 18.3 Å². The molecule has 1 N–H and O–H groups in total. The maximum Gasteiger partial charge on any atom is 0.422 e. The predicted octanol–water partition coefficient (Wildman–Crippen LogP) is 2.32. The van der Waals surface area contributed by atoms with Gasteiger partial charge >= 0.3 is 6.18 Å². The van der Waals surface area contributed by atoms with Crippen LogP contribution < -0.4 is 10.1 Å². The smallest absolute Gasteiger partial charge is 0.422 e. The van der Waals surface area contributed by atoms with Crippen LogP contribution in [0.3, 0.4) is 0 Å². The number of fused-ring (bicyclic) bond motifs is 1. The number of aryl methyl sites for hydroxylation is 1. The van der Waals surface area contributed by atoms with Gasteiger partial charge in [0, 0.05) is 19.0 Å². The average Bonchev–Trinajstić information content (AvgIpc) is 2.99. The van der Waals surface area contributed by atoms with E-state index in [9.17, 15) is 13.2 Å². The monoisotopic (exact) mass is 326 g/mol. The molecule has 2 aromatic rings. The topological polar surface area (TPSA) is 52.0 Å². The van der Waals surface area contributed by atoms with Gasteiger partial charge in [-0.1, -0.05) is 12.1 Å². The Bertz CT molecular complexity index is 639. The van der Waals surface area contributed by atoms with Crippen molar-refractivity contribution in [2.24, 2.45) is 0 Å². The third kappa shape index (κ3) is 4.44. The van der Waals surface area contributed by atoms with Crippen LogP contribution in [0.2, 0.25) is 0 Å². The Balaban J connectivity index is 1.47. The number of hydrogen-bond donors (Lipinski definition) is 1. The summed E-state index contributed by atoms with van der Waals surface area (Å²) in [5.41, 5.74) is 0.994. The first-order chi connectivity index (χ1) is 11.0. The van der Waals surface area contributed by atoms with Crippen molar-refractivity contribution in [2.45, 2.75) is 38.1 Å². The van der Waals surface area contributed by atoms with Gasteiger partial charge in [0.15, 0.2) is 6.61 Å². The first-order valence-corrected chi connectivity index (χ1v) is 7.38. The largest absolute Gasteiger partial charge is 0.484 e. The molecule has 0 fully saturated rings. The molecule has 8 heteroatoms. The first-order valence-electron chi connectivity index (χ1n) is 7.38. The highest BCUT2D eigenvalue weighted by Crippen LogP contribution is 2.19. The zero-order chi connectivity index (χ0) is 16.3. The molecule has 1 aliphatic heterocycles. The zero-order valence-corrected chi connectivity index (χ0v) is 12.4. The van der Waals surface area contributed by atoms with E-state index in [2.05, 4.69) is 20.1 Å². The van der Waals surface area contributed by atoms with E-state index in [-0.39, 0.29) is 5.75 Å². The summed E-state index contributed by atoms with van der Waals surface area (Å²) < 4.78 is 42.8. The summed E-state index contributed by atoms with van der Waals surface area (Å²) in [6.07, 6.45) is -0.869. The number of halogens is 3. The number of rotatable bonds is 5. The van der Waals surface area contributed by atoms with Crippen molar-refractivity contribution in [3.63, 3.8) is 0 Å². The van der Waals surface area contributed by atoms with Crippen LogP contribution in [0.5, 0.6) is 5.75 Å². The Labute approximate surface area is 131 Å². The van der Waals surface area contributed by atoms with Crippen molar-refractivity contribution in [1.29, 1.82) is 0 Å². The summed E-state index contributed by atoms with van der Waals surface area (Å²) >= 11 is 0. The third-order valence-corrected chi connectivity index (χ3v) is 3.73. The molecule has 0 spiro atoms. The van der Waals surface area contributed by atoms with Gasteiger partial charge in [-0.3, -0.25) is 0 Å². The molecule has 124 valence electrons. The fourth-order valence-corrected chi connectivity index (χ4v) is 2.54. The van der Waals surface area contributed by atoms with Crippen molar-refractivity contribution in [3.05, 3.63) is 42.0 Å². The molecule has 0 aliphatic carbocycles. The van der Waals surface area contributed by atoms with Crippen molar-refractivity contribution < 1.29 is 17.9 Å². The van der Waals surface area contributed by atoms with Crippen LogP contribution in [0.1, 0.15) is 17.8 Å². The minimum atomic E-state index is -4.32. The van der Waals surface area contributed by atoms with Gasteiger partial charge in [-0.05, 0) is 24.1 Å². The van der Waals surface area contributed by atoms with Crippen molar-refractivity contribution in [3.8, 4) is 5.75 Å². The van der Waals surface area contributed by atoms with Crippen LogP contribution in [0, 0.1) is 0 Å². The highest BCUT2D eigenvalue weighted by atomic mass is 19.4. The molecule has 0 saturated heterocycles. The van der Waals surface area contributed by atoms with Crippen LogP contribution >= 0.6 is 0 Å². The molecule has 3 rings (SSSR count). The third-order valence-electron chi connectivity index (χ3n) is 3.73. The van der Waals surface area contributed by atoms with E-state index in [4.69, 9.17) is 0 Å². The Hall–Kier alpha value is -2.09. The van der Waals surface area contributed by atoms with E-state index in [1.54, 1.807) is 30.6 Å². The van der Waals surface area contributed by atoms with Gasteiger partial charge in [0.1, 0.15) is 17.9 Å². The number of ether oxygens (including phenoxy) is 1. The van der Waals surface area contributed by atoms with Crippen LogP contribution in [0.4, 0.5) is 13.2 Å². The minimum Gasteiger partial charge on any atom is -0.484 e. The molecule has 0 radical (unpaired) electrons. The molecule has 2 heterocycles. The molecule has 0 unspecified atom stereocenters. The van der Waals surface area contributed by atoms with Crippen LogP contribution in [0.25, 0.3) is 0 Å². The molecular weight excluding hydrogens is 309 g/mol. The Morgan fingerprint density at radius 1 is 1.26 bits per heavy atom. The number of nitrogens with zero attached hydrogens (tertiary/aromatic N) is 3. The molecule has 1 aromatic heterocycles.